The molecule has 0 saturated heterocycles. The fourth-order valence-corrected chi connectivity index (χ4v) is 3.61. The Balaban J connectivity index is 3.30. The van der Waals surface area contributed by atoms with Crippen LogP contribution in [0.3, 0.4) is 0 Å². The molecule has 4 nitrogen and oxygen atoms in total. The summed E-state index contributed by atoms with van der Waals surface area (Å²) < 4.78 is 26.7. The van der Waals surface area contributed by atoms with Crippen LogP contribution in [0.25, 0.3) is 0 Å². The van der Waals surface area contributed by atoms with Crippen molar-refractivity contribution in [3.05, 3.63) is 42.5 Å². The van der Waals surface area contributed by atoms with Gasteiger partial charge in [-0.1, -0.05) is 18.2 Å². The maximum atomic E-state index is 12.6. The highest BCUT2D eigenvalue weighted by Gasteiger charge is 2.32. The van der Waals surface area contributed by atoms with Crippen LogP contribution >= 0.6 is 0 Å². The SMILES string of the molecule is C=CCN(C(C)(C)C)S(=O)(=O)c1cccc(CO)c1. The first-order chi connectivity index (χ1) is 8.73. The number of benzene rings is 1. The second-order valence-corrected chi connectivity index (χ2v) is 7.16. The van der Waals surface area contributed by atoms with Crippen molar-refractivity contribution in [1.29, 1.82) is 0 Å². The van der Waals surface area contributed by atoms with E-state index in [2.05, 4.69) is 6.58 Å². The Bertz CT molecular complexity index is 544. The number of nitrogens with zero attached hydrogens (tertiary/aromatic N) is 1. The van der Waals surface area contributed by atoms with Gasteiger partial charge in [-0.25, -0.2) is 8.42 Å². The van der Waals surface area contributed by atoms with Gasteiger partial charge in [0.15, 0.2) is 0 Å². The third-order valence-corrected chi connectivity index (χ3v) is 4.84. The molecule has 0 aliphatic rings. The predicted octanol–water partition coefficient (Wildman–Crippen LogP) is 2.15. The highest BCUT2D eigenvalue weighted by atomic mass is 32.2. The zero-order chi connectivity index (χ0) is 14.7. The van der Waals surface area contributed by atoms with Crippen LogP contribution in [0, 0.1) is 0 Å². The van der Waals surface area contributed by atoms with Gasteiger partial charge in [-0.05, 0) is 38.5 Å². The maximum Gasteiger partial charge on any atom is 0.243 e. The van der Waals surface area contributed by atoms with E-state index in [9.17, 15) is 8.42 Å². The maximum absolute atomic E-state index is 12.6. The van der Waals surface area contributed by atoms with Crippen molar-refractivity contribution >= 4 is 10.0 Å². The van der Waals surface area contributed by atoms with Gasteiger partial charge in [0.2, 0.25) is 10.0 Å². The normalized spacial score (nSPS) is 12.7. The molecular weight excluding hydrogens is 262 g/mol. The van der Waals surface area contributed by atoms with E-state index in [1.54, 1.807) is 18.2 Å². The van der Waals surface area contributed by atoms with E-state index in [0.717, 1.165) is 0 Å². The van der Waals surface area contributed by atoms with E-state index in [0.29, 0.717) is 5.56 Å². The lowest BCUT2D eigenvalue weighted by Gasteiger charge is -2.33. The Morgan fingerprint density at radius 2 is 2.00 bits per heavy atom. The van der Waals surface area contributed by atoms with Crippen molar-refractivity contribution in [2.75, 3.05) is 6.54 Å². The molecular formula is C14H21NO3S. The van der Waals surface area contributed by atoms with Gasteiger partial charge in [0.25, 0.3) is 0 Å². The largest absolute Gasteiger partial charge is 0.392 e. The molecule has 0 fully saturated rings. The highest BCUT2D eigenvalue weighted by molar-refractivity contribution is 7.89. The Hall–Kier alpha value is -1.17. The van der Waals surface area contributed by atoms with Gasteiger partial charge in [-0.15, -0.1) is 6.58 Å². The van der Waals surface area contributed by atoms with Gasteiger partial charge in [-0.2, -0.15) is 4.31 Å². The lowest BCUT2D eigenvalue weighted by atomic mass is 10.1. The molecule has 0 spiro atoms. The molecule has 0 atom stereocenters. The summed E-state index contributed by atoms with van der Waals surface area (Å²) in [6.07, 6.45) is 1.57. The Morgan fingerprint density at radius 3 is 2.47 bits per heavy atom. The van der Waals surface area contributed by atoms with Gasteiger partial charge in [0, 0.05) is 12.1 Å². The molecule has 0 radical (unpaired) electrons. The fraction of sp³-hybridized carbons (Fsp3) is 0.429. The van der Waals surface area contributed by atoms with Crippen LogP contribution in [-0.4, -0.2) is 29.9 Å². The number of hydrogen-bond donors (Lipinski definition) is 1. The first-order valence-electron chi connectivity index (χ1n) is 6.07. The van der Waals surface area contributed by atoms with Gasteiger partial charge < -0.3 is 5.11 Å². The van der Waals surface area contributed by atoms with Crippen molar-refractivity contribution < 1.29 is 13.5 Å². The summed E-state index contributed by atoms with van der Waals surface area (Å²) in [5.41, 5.74) is 0.0379. The van der Waals surface area contributed by atoms with Gasteiger partial charge >= 0.3 is 0 Å². The quantitative estimate of drug-likeness (QED) is 0.842. The monoisotopic (exact) mass is 283 g/mol. The standard InChI is InChI=1S/C14H21NO3S/c1-5-9-15(14(2,3)4)19(17,18)13-8-6-7-12(10-13)11-16/h5-8,10,16H,1,9,11H2,2-4H3. The Morgan fingerprint density at radius 1 is 1.37 bits per heavy atom. The molecule has 0 aromatic heterocycles. The van der Waals surface area contributed by atoms with Crippen LogP contribution in [0.4, 0.5) is 0 Å². The van der Waals surface area contributed by atoms with E-state index < -0.39 is 15.6 Å². The molecule has 19 heavy (non-hydrogen) atoms. The molecule has 5 heteroatoms. The van der Waals surface area contributed by atoms with Crippen LogP contribution in [0.2, 0.25) is 0 Å². The summed E-state index contributed by atoms with van der Waals surface area (Å²) in [6.45, 7) is 9.19. The van der Waals surface area contributed by atoms with Crippen LogP contribution in [0.15, 0.2) is 41.8 Å². The molecule has 0 unspecified atom stereocenters. The van der Waals surface area contributed by atoms with E-state index in [-0.39, 0.29) is 18.0 Å². The van der Waals surface area contributed by atoms with Gasteiger partial charge in [-0.3, -0.25) is 0 Å². The van der Waals surface area contributed by atoms with E-state index in [4.69, 9.17) is 5.11 Å². The molecule has 0 saturated carbocycles. The van der Waals surface area contributed by atoms with Crippen molar-refractivity contribution in [2.45, 2.75) is 37.8 Å². The molecule has 1 N–H and O–H groups in total. The van der Waals surface area contributed by atoms with Crippen molar-refractivity contribution in [1.82, 2.24) is 4.31 Å². The second kappa shape index (κ2) is 5.86. The molecule has 0 aliphatic heterocycles. The lowest BCUT2D eigenvalue weighted by Crippen LogP contribution is -2.45. The topological polar surface area (TPSA) is 57.6 Å². The number of aliphatic hydroxyl groups excluding tert-OH is 1. The van der Waals surface area contributed by atoms with E-state index in [1.807, 2.05) is 20.8 Å². The number of aliphatic hydroxyl groups is 1. The number of hydrogen-bond acceptors (Lipinski definition) is 3. The zero-order valence-electron chi connectivity index (χ0n) is 11.6. The zero-order valence-corrected chi connectivity index (χ0v) is 12.4. The van der Waals surface area contributed by atoms with Crippen LogP contribution in [0.1, 0.15) is 26.3 Å². The minimum atomic E-state index is -3.60. The number of sulfonamides is 1. The molecule has 0 amide bonds. The third kappa shape index (κ3) is 3.65. The average molecular weight is 283 g/mol. The molecule has 1 aromatic carbocycles. The summed E-state index contributed by atoms with van der Waals surface area (Å²) in [5.74, 6) is 0. The first-order valence-corrected chi connectivity index (χ1v) is 7.51. The van der Waals surface area contributed by atoms with Crippen LogP contribution < -0.4 is 0 Å². The molecule has 106 valence electrons. The summed E-state index contributed by atoms with van der Waals surface area (Å²) in [6, 6.07) is 6.36. The minimum Gasteiger partial charge on any atom is -0.392 e. The Labute approximate surface area is 115 Å². The third-order valence-electron chi connectivity index (χ3n) is 2.71. The van der Waals surface area contributed by atoms with Crippen molar-refractivity contribution in [3.8, 4) is 0 Å². The van der Waals surface area contributed by atoms with Crippen molar-refractivity contribution in [2.24, 2.45) is 0 Å². The predicted molar refractivity (Wildman–Crippen MR) is 76.2 cm³/mol. The van der Waals surface area contributed by atoms with Gasteiger partial charge in [0.05, 0.1) is 11.5 Å². The summed E-state index contributed by atoms with van der Waals surface area (Å²) in [7, 11) is -3.60. The highest BCUT2D eigenvalue weighted by Crippen LogP contribution is 2.24. The minimum absolute atomic E-state index is 0.180. The van der Waals surface area contributed by atoms with E-state index >= 15 is 0 Å². The smallest absolute Gasteiger partial charge is 0.243 e. The molecule has 0 heterocycles. The molecule has 0 aliphatic carbocycles. The average Bonchev–Trinajstić information content (AvgIpc) is 2.34. The second-order valence-electron chi connectivity index (χ2n) is 5.30. The molecule has 1 aromatic rings. The van der Waals surface area contributed by atoms with E-state index in [1.165, 1.54) is 16.4 Å². The first kappa shape index (κ1) is 15.9. The lowest BCUT2D eigenvalue weighted by molar-refractivity contribution is 0.269. The van der Waals surface area contributed by atoms with Crippen LogP contribution in [0.5, 0.6) is 0 Å². The van der Waals surface area contributed by atoms with Gasteiger partial charge in [0.1, 0.15) is 0 Å². The van der Waals surface area contributed by atoms with Crippen LogP contribution in [-0.2, 0) is 16.6 Å². The molecule has 0 bridgehead atoms. The summed E-state index contributed by atoms with van der Waals surface area (Å²) in [5, 5.41) is 9.11. The Kier molecular flexibility index (Phi) is 4.90. The molecule has 1 rings (SSSR count). The van der Waals surface area contributed by atoms with Crippen molar-refractivity contribution in [3.63, 3.8) is 0 Å². The fourth-order valence-electron chi connectivity index (χ4n) is 1.78. The summed E-state index contributed by atoms with van der Waals surface area (Å²) >= 11 is 0. The number of rotatable bonds is 5. The summed E-state index contributed by atoms with van der Waals surface area (Å²) in [4.78, 5) is 0.191.